The van der Waals surface area contributed by atoms with Gasteiger partial charge in [0.1, 0.15) is 12.0 Å². The molecule has 0 unspecified atom stereocenters. The van der Waals surface area contributed by atoms with E-state index in [9.17, 15) is 10.1 Å². The van der Waals surface area contributed by atoms with Crippen LogP contribution < -0.4 is 5.32 Å². The lowest BCUT2D eigenvalue weighted by atomic mass is 10.1. The lowest BCUT2D eigenvalue weighted by Crippen LogP contribution is -1.98. The quantitative estimate of drug-likeness (QED) is 0.581. The van der Waals surface area contributed by atoms with E-state index in [2.05, 4.69) is 15.3 Å². The predicted octanol–water partition coefficient (Wildman–Crippen LogP) is 3.67. The summed E-state index contributed by atoms with van der Waals surface area (Å²) in [5.74, 6) is 0. The molecule has 0 aliphatic heterocycles. The molecule has 1 aromatic heterocycles. The third-order valence-corrected chi connectivity index (χ3v) is 3.34. The molecule has 0 aliphatic carbocycles. The van der Waals surface area contributed by atoms with Gasteiger partial charge in [-0.05, 0) is 30.3 Å². The first-order valence-electron chi connectivity index (χ1n) is 6.99. The molecule has 2 aromatic carbocycles. The maximum atomic E-state index is 11.2. The van der Waals surface area contributed by atoms with Gasteiger partial charge in [-0.3, -0.25) is 10.1 Å². The zero-order valence-corrected chi connectivity index (χ0v) is 12.4. The smallest absolute Gasteiger partial charge is 0.293 e. The van der Waals surface area contributed by atoms with Gasteiger partial charge in [0.15, 0.2) is 0 Å². The van der Waals surface area contributed by atoms with Crippen molar-refractivity contribution in [3.63, 3.8) is 0 Å². The molecular formula is C17H11N5O2. The van der Waals surface area contributed by atoms with E-state index in [0.29, 0.717) is 11.4 Å². The van der Waals surface area contributed by atoms with Crippen molar-refractivity contribution in [2.24, 2.45) is 0 Å². The number of aromatic nitrogens is 2. The Bertz CT molecular complexity index is 935. The molecule has 0 radical (unpaired) electrons. The summed E-state index contributed by atoms with van der Waals surface area (Å²) in [4.78, 5) is 18.8. The van der Waals surface area contributed by atoms with Gasteiger partial charge in [0.05, 0.1) is 22.2 Å². The second kappa shape index (κ2) is 6.54. The molecule has 116 valence electrons. The fourth-order valence-electron chi connectivity index (χ4n) is 2.23. The Labute approximate surface area is 137 Å². The van der Waals surface area contributed by atoms with Crippen LogP contribution in [0.3, 0.4) is 0 Å². The Kier molecular flexibility index (Phi) is 4.12. The molecule has 0 saturated heterocycles. The summed E-state index contributed by atoms with van der Waals surface area (Å²) >= 11 is 0. The highest BCUT2D eigenvalue weighted by molar-refractivity contribution is 5.74. The van der Waals surface area contributed by atoms with Gasteiger partial charge in [0.2, 0.25) is 0 Å². The molecule has 3 aromatic rings. The maximum Gasteiger partial charge on any atom is 0.293 e. The SMILES string of the molecule is N#Cc1ccc(Nc2cccc(-c3ccncn3)c2)c([N+](=O)[O-])c1. The Balaban J connectivity index is 1.95. The summed E-state index contributed by atoms with van der Waals surface area (Å²) in [6, 6.07) is 15.3. The van der Waals surface area contributed by atoms with Crippen molar-refractivity contribution in [1.82, 2.24) is 9.97 Å². The second-order valence-electron chi connectivity index (χ2n) is 4.90. The molecule has 0 bridgehead atoms. The van der Waals surface area contributed by atoms with Gasteiger partial charge in [-0.1, -0.05) is 12.1 Å². The molecule has 0 spiro atoms. The van der Waals surface area contributed by atoms with Gasteiger partial charge in [-0.15, -0.1) is 0 Å². The van der Waals surface area contributed by atoms with E-state index < -0.39 is 4.92 Å². The van der Waals surface area contributed by atoms with Crippen LogP contribution in [0, 0.1) is 21.4 Å². The van der Waals surface area contributed by atoms with Crippen molar-refractivity contribution >= 4 is 17.1 Å². The van der Waals surface area contributed by atoms with Gasteiger partial charge < -0.3 is 5.32 Å². The minimum atomic E-state index is -0.516. The lowest BCUT2D eigenvalue weighted by molar-refractivity contribution is -0.383. The Morgan fingerprint density at radius 2 is 2.04 bits per heavy atom. The Hall–Kier alpha value is -3.79. The number of hydrogen-bond acceptors (Lipinski definition) is 6. The van der Waals surface area contributed by atoms with E-state index >= 15 is 0 Å². The highest BCUT2D eigenvalue weighted by Gasteiger charge is 2.15. The standard InChI is InChI=1S/C17H11N5O2/c18-10-12-4-5-16(17(8-12)22(23)24)21-14-3-1-2-13(9-14)15-6-7-19-11-20-15/h1-9,11,21H. The molecule has 1 heterocycles. The average molecular weight is 317 g/mol. The summed E-state index contributed by atoms with van der Waals surface area (Å²) in [5.41, 5.74) is 2.70. The predicted molar refractivity (Wildman–Crippen MR) is 88.6 cm³/mol. The van der Waals surface area contributed by atoms with Gasteiger partial charge >= 0.3 is 0 Å². The van der Waals surface area contributed by atoms with Crippen LogP contribution in [0.5, 0.6) is 0 Å². The van der Waals surface area contributed by atoms with Crippen molar-refractivity contribution in [3.8, 4) is 17.3 Å². The third-order valence-electron chi connectivity index (χ3n) is 3.34. The largest absolute Gasteiger partial charge is 0.350 e. The summed E-state index contributed by atoms with van der Waals surface area (Å²) in [6.45, 7) is 0. The van der Waals surface area contributed by atoms with Crippen LogP contribution in [0.15, 0.2) is 61.1 Å². The number of nitrogens with one attached hydrogen (secondary N) is 1. The molecule has 0 amide bonds. The van der Waals surface area contributed by atoms with Crippen LogP contribution in [0.25, 0.3) is 11.3 Å². The average Bonchev–Trinajstić information content (AvgIpc) is 2.63. The molecule has 7 nitrogen and oxygen atoms in total. The third kappa shape index (κ3) is 3.18. The number of benzene rings is 2. The van der Waals surface area contributed by atoms with Crippen molar-refractivity contribution in [2.45, 2.75) is 0 Å². The molecule has 0 fully saturated rings. The van der Waals surface area contributed by atoms with Crippen molar-refractivity contribution < 1.29 is 4.92 Å². The van der Waals surface area contributed by atoms with E-state index in [-0.39, 0.29) is 11.3 Å². The van der Waals surface area contributed by atoms with Gasteiger partial charge in [0.25, 0.3) is 5.69 Å². The number of hydrogen-bond donors (Lipinski definition) is 1. The van der Waals surface area contributed by atoms with E-state index in [1.165, 1.54) is 24.5 Å². The number of nitro groups is 1. The second-order valence-corrected chi connectivity index (χ2v) is 4.90. The summed E-state index contributed by atoms with van der Waals surface area (Å²) < 4.78 is 0. The molecule has 0 saturated carbocycles. The van der Waals surface area contributed by atoms with E-state index in [1.54, 1.807) is 18.3 Å². The Morgan fingerprint density at radius 1 is 1.17 bits per heavy atom. The van der Waals surface area contributed by atoms with Crippen LogP contribution in [-0.4, -0.2) is 14.9 Å². The minimum absolute atomic E-state index is 0.151. The molecule has 1 N–H and O–H groups in total. The summed E-state index contributed by atoms with van der Waals surface area (Å²) in [7, 11) is 0. The molecule has 0 aliphatic rings. The molecule has 3 rings (SSSR count). The number of rotatable bonds is 4. The van der Waals surface area contributed by atoms with Crippen molar-refractivity contribution in [2.75, 3.05) is 5.32 Å². The Morgan fingerprint density at radius 3 is 2.75 bits per heavy atom. The fourth-order valence-corrected chi connectivity index (χ4v) is 2.23. The molecule has 7 heteroatoms. The topological polar surface area (TPSA) is 105 Å². The van der Waals surface area contributed by atoms with Crippen LogP contribution in [0.4, 0.5) is 17.1 Å². The van der Waals surface area contributed by atoms with E-state index in [4.69, 9.17) is 5.26 Å². The monoisotopic (exact) mass is 317 g/mol. The van der Waals surface area contributed by atoms with E-state index in [1.807, 2.05) is 24.3 Å². The zero-order valence-electron chi connectivity index (χ0n) is 12.4. The molecular weight excluding hydrogens is 306 g/mol. The highest BCUT2D eigenvalue weighted by Crippen LogP contribution is 2.30. The normalized spacial score (nSPS) is 9.96. The first kappa shape index (κ1) is 15.1. The zero-order chi connectivity index (χ0) is 16.9. The maximum absolute atomic E-state index is 11.2. The number of nitro benzene ring substituents is 1. The summed E-state index contributed by atoms with van der Waals surface area (Å²) in [6.07, 6.45) is 3.11. The fraction of sp³-hybridized carbons (Fsp3) is 0. The van der Waals surface area contributed by atoms with Gasteiger partial charge in [-0.2, -0.15) is 5.26 Å². The van der Waals surface area contributed by atoms with Crippen LogP contribution >= 0.6 is 0 Å². The first-order valence-corrected chi connectivity index (χ1v) is 6.99. The van der Waals surface area contributed by atoms with Crippen molar-refractivity contribution in [1.29, 1.82) is 5.26 Å². The van der Waals surface area contributed by atoms with Gasteiger partial charge in [0, 0.05) is 23.5 Å². The number of nitriles is 1. The van der Waals surface area contributed by atoms with Crippen LogP contribution in [0.1, 0.15) is 5.56 Å². The lowest BCUT2D eigenvalue weighted by Gasteiger charge is -2.09. The molecule has 0 atom stereocenters. The van der Waals surface area contributed by atoms with E-state index in [0.717, 1.165) is 11.3 Å². The van der Waals surface area contributed by atoms with Gasteiger partial charge in [-0.25, -0.2) is 9.97 Å². The van der Waals surface area contributed by atoms with Crippen molar-refractivity contribution in [3.05, 3.63) is 76.7 Å². The number of nitrogens with zero attached hydrogens (tertiary/aromatic N) is 4. The molecule has 24 heavy (non-hydrogen) atoms. The van der Waals surface area contributed by atoms with Crippen LogP contribution in [-0.2, 0) is 0 Å². The highest BCUT2D eigenvalue weighted by atomic mass is 16.6. The minimum Gasteiger partial charge on any atom is -0.350 e. The number of anilines is 2. The first-order chi connectivity index (χ1) is 11.7. The van der Waals surface area contributed by atoms with Crippen LogP contribution in [0.2, 0.25) is 0 Å². The summed E-state index contributed by atoms with van der Waals surface area (Å²) in [5, 5.41) is 23.1.